The van der Waals surface area contributed by atoms with Crippen molar-refractivity contribution in [3.05, 3.63) is 70.7 Å². The van der Waals surface area contributed by atoms with Crippen molar-refractivity contribution in [1.29, 1.82) is 0 Å². The Morgan fingerprint density at radius 2 is 1.42 bits per heavy atom. The molecular weight excluding hydrogens is 310 g/mol. The van der Waals surface area contributed by atoms with Crippen LogP contribution in [0.1, 0.15) is 0 Å². The molecule has 0 bridgehead atoms. The van der Waals surface area contributed by atoms with Crippen LogP contribution < -0.4 is 0 Å². The first-order valence-electron chi connectivity index (χ1n) is 5.79. The summed E-state index contributed by atoms with van der Waals surface area (Å²) in [6.07, 6.45) is 0. The molecule has 0 saturated heterocycles. The molecule has 0 unspecified atom stereocenters. The summed E-state index contributed by atoms with van der Waals surface area (Å²) in [5, 5.41) is 2.08. The van der Waals surface area contributed by atoms with Crippen LogP contribution in [-0.4, -0.2) is 0 Å². The van der Waals surface area contributed by atoms with Crippen molar-refractivity contribution in [2.75, 3.05) is 0 Å². The molecule has 0 atom stereocenters. The number of rotatable bonds is 1. The summed E-state index contributed by atoms with van der Waals surface area (Å²) in [7, 11) is 0. The summed E-state index contributed by atoms with van der Waals surface area (Å²) >= 11 is 3.30. The van der Waals surface area contributed by atoms with Gasteiger partial charge in [0.25, 0.3) is 0 Å². The van der Waals surface area contributed by atoms with Crippen molar-refractivity contribution < 1.29 is 8.78 Å². The van der Waals surface area contributed by atoms with E-state index in [-0.39, 0.29) is 0 Å². The Morgan fingerprint density at radius 1 is 0.737 bits per heavy atom. The zero-order chi connectivity index (χ0) is 13.4. The van der Waals surface area contributed by atoms with E-state index < -0.39 is 11.6 Å². The lowest BCUT2D eigenvalue weighted by Gasteiger charge is -2.09. The summed E-state index contributed by atoms with van der Waals surface area (Å²) in [5.74, 6) is -1.69. The second-order valence-electron chi connectivity index (χ2n) is 4.27. The van der Waals surface area contributed by atoms with E-state index in [9.17, 15) is 8.78 Å². The molecule has 0 fully saturated rings. The van der Waals surface area contributed by atoms with Crippen LogP contribution in [0.3, 0.4) is 0 Å². The van der Waals surface area contributed by atoms with Gasteiger partial charge in [-0.05, 0) is 34.0 Å². The zero-order valence-corrected chi connectivity index (χ0v) is 11.4. The van der Waals surface area contributed by atoms with Crippen LogP contribution in [0.5, 0.6) is 0 Å². The molecule has 3 aromatic carbocycles. The minimum atomic E-state index is -0.851. The normalized spacial score (nSPS) is 10.9. The Bertz CT molecular complexity index is 761. The monoisotopic (exact) mass is 318 g/mol. The minimum Gasteiger partial charge on any atom is -0.204 e. The average molecular weight is 319 g/mol. The van der Waals surface area contributed by atoms with Crippen molar-refractivity contribution >= 4 is 26.7 Å². The predicted molar refractivity (Wildman–Crippen MR) is 77.0 cm³/mol. The molecule has 0 aliphatic rings. The summed E-state index contributed by atoms with van der Waals surface area (Å²) in [5.41, 5.74) is 1.53. The number of hydrogen-bond donors (Lipinski definition) is 0. The van der Waals surface area contributed by atoms with Gasteiger partial charge in [-0.25, -0.2) is 8.78 Å². The Hall–Kier alpha value is -1.74. The van der Waals surface area contributed by atoms with Gasteiger partial charge >= 0.3 is 0 Å². The maximum atomic E-state index is 13.4. The van der Waals surface area contributed by atoms with Gasteiger partial charge in [0, 0.05) is 4.47 Å². The molecule has 3 aromatic rings. The Labute approximate surface area is 117 Å². The van der Waals surface area contributed by atoms with Gasteiger partial charge in [0.15, 0.2) is 11.6 Å². The van der Waals surface area contributed by atoms with Crippen LogP contribution in [-0.2, 0) is 0 Å². The van der Waals surface area contributed by atoms with E-state index in [1.54, 1.807) is 0 Å². The van der Waals surface area contributed by atoms with E-state index in [1.165, 1.54) is 6.07 Å². The van der Waals surface area contributed by atoms with E-state index >= 15 is 0 Å². The van der Waals surface area contributed by atoms with Gasteiger partial charge in [0.05, 0.1) is 0 Å². The Kier molecular flexibility index (Phi) is 3.07. The highest BCUT2D eigenvalue weighted by Crippen LogP contribution is 2.34. The van der Waals surface area contributed by atoms with E-state index in [0.29, 0.717) is 10.0 Å². The first kappa shape index (κ1) is 12.3. The van der Waals surface area contributed by atoms with Crippen LogP contribution in [0.15, 0.2) is 59.1 Å². The van der Waals surface area contributed by atoms with E-state index in [1.807, 2.05) is 42.5 Å². The van der Waals surface area contributed by atoms with Crippen molar-refractivity contribution in [2.45, 2.75) is 0 Å². The number of halogens is 3. The van der Waals surface area contributed by atoms with E-state index in [4.69, 9.17) is 0 Å². The molecule has 0 aliphatic carbocycles. The fraction of sp³-hybridized carbons (Fsp3) is 0. The zero-order valence-electron chi connectivity index (χ0n) is 9.83. The second-order valence-corrected chi connectivity index (χ2v) is 5.13. The number of benzene rings is 3. The fourth-order valence-corrected chi connectivity index (χ4v) is 2.72. The molecule has 3 heteroatoms. The second kappa shape index (κ2) is 4.74. The van der Waals surface area contributed by atoms with Gasteiger partial charge in [-0.3, -0.25) is 0 Å². The van der Waals surface area contributed by atoms with Crippen LogP contribution in [0.2, 0.25) is 0 Å². The van der Waals surface area contributed by atoms with Gasteiger partial charge in [-0.15, -0.1) is 0 Å². The molecular formula is C16H9BrF2. The number of fused-ring (bicyclic) bond motifs is 1. The van der Waals surface area contributed by atoms with Crippen molar-refractivity contribution in [2.24, 2.45) is 0 Å². The molecule has 3 rings (SSSR count). The van der Waals surface area contributed by atoms with Crippen molar-refractivity contribution in [1.82, 2.24) is 0 Å². The topological polar surface area (TPSA) is 0 Å². The van der Waals surface area contributed by atoms with E-state index in [0.717, 1.165) is 22.4 Å². The van der Waals surface area contributed by atoms with Crippen LogP contribution in [0.4, 0.5) is 8.78 Å². The number of hydrogen-bond acceptors (Lipinski definition) is 0. The third-order valence-electron chi connectivity index (χ3n) is 3.09. The molecule has 0 saturated carbocycles. The molecule has 0 aliphatic heterocycles. The lowest BCUT2D eigenvalue weighted by molar-refractivity contribution is 0.508. The summed E-state index contributed by atoms with van der Waals surface area (Å²) in [6.45, 7) is 0. The third kappa shape index (κ3) is 2.15. The van der Waals surface area contributed by atoms with Gasteiger partial charge in [0.1, 0.15) is 0 Å². The fourth-order valence-electron chi connectivity index (χ4n) is 2.19. The maximum absolute atomic E-state index is 13.4. The molecule has 0 spiro atoms. The van der Waals surface area contributed by atoms with Gasteiger partial charge in [-0.2, -0.15) is 0 Å². The SMILES string of the molecule is Fc1cc(Br)c(-c2cccc3ccccc23)cc1F. The maximum Gasteiger partial charge on any atom is 0.159 e. The van der Waals surface area contributed by atoms with Gasteiger partial charge in [-0.1, -0.05) is 58.4 Å². The Morgan fingerprint density at radius 3 is 2.26 bits per heavy atom. The Balaban J connectivity index is 2.33. The largest absolute Gasteiger partial charge is 0.204 e. The summed E-state index contributed by atoms with van der Waals surface area (Å²) in [6, 6.07) is 16.0. The van der Waals surface area contributed by atoms with E-state index in [2.05, 4.69) is 15.9 Å². The smallest absolute Gasteiger partial charge is 0.159 e. The van der Waals surface area contributed by atoms with Gasteiger partial charge in [0.2, 0.25) is 0 Å². The average Bonchev–Trinajstić information content (AvgIpc) is 2.42. The molecule has 0 aromatic heterocycles. The third-order valence-corrected chi connectivity index (χ3v) is 3.75. The molecule has 0 radical (unpaired) electrons. The highest BCUT2D eigenvalue weighted by atomic mass is 79.9. The van der Waals surface area contributed by atoms with Gasteiger partial charge < -0.3 is 0 Å². The minimum absolute atomic E-state index is 0.544. The highest BCUT2D eigenvalue weighted by molar-refractivity contribution is 9.10. The first-order chi connectivity index (χ1) is 9.16. The molecule has 19 heavy (non-hydrogen) atoms. The van der Waals surface area contributed by atoms with Crippen molar-refractivity contribution in [3.8, 4) is 11.1 Å². The van der Waals surface area contributed by atoms with Crippen molar-refractivity contribution in [3.63, 3.8) is 0 Å². The molecule has 0 heterocycles. The summed E-state index contributed by atoms with van der Waals surface area (Å²) in [4.78, 5) is 0. The summed E-state index contributed by atoms with van der Waals surface area (Å²) < 4.78 is 27.2. The molecule has 0 nitrogen and oxygen atoms in total. The van der Waals surface area contributed by atoms with Crippen LogP contribution >= 0.6 is 15.9 Å². The predicted octanol–water partition coefficient (Wildman–Crippen LogP) is 5.55. The lowest BCUT2D eigenvalue weighted by Crippen LogP contribution is -1.89. The highest BCUT2D eigenvalue weighted by Gasteiger charge is 2.11. The van der Waals surface area contributed by atoms with Crippen LogP contribution in [0.25, 0.3) is 21.9 Å². The molecule has 0 amide bonds. The quantitative estimate of drug-likeness (QED) is 0.516. The lowest BCUT2D eigenvalue weighted by atomic mass is 9.98. The standard InChI is InChI=1S/C16H9BrF2/c17-14-9-16(19)15(18)8-13(14)12-7-3-5-10-4-1-2-6-11(10)12/h1-9H. The molecule has 94 valence electrons. The first-order valence-corrected chi connectivity index (χ1v) is 6.59. The van der Waals surface area contributed by atoms with Crippen LogP contribution in [0, 0.1) is 11.6 Å². The molecule has 0 N–H and O–H groups in total.